The molecule has 2 heteroatoms. The summed E-state index contributed by atoms with van der Waals surface area (Å²) in [5.74, 6) is 0. The van der Waals surface area contributed by atoms with Crippen molar-refractivity contribution in [2.45, 2.75) is 33.5 Å². The second kappa shape index (κ2) is 3.85. The van der Waals surface area contributed by atoms with Crippen LogP contribution in [0.1, 0.15) is 21.3 Å². The fourth-order valence-corrected chi connectivity index (χ4v) is 0.678. The van der Waals surface area contributed by atoms with Gasteiger partial charge in [-0.2, -0.15) is 0 Å². The molecular formula is C7H16O2. The number of ether oxygens (including phenoxy) is 2. The summed E-state index contributed by atoms with van der Waals surface area (Å²) in [5.41, 5.74) is 0. The van der Waals surface area contributed by atoms with Gasteiger partial charge in [-0.05, 0) is 13.8 Å². The predicted octanol–water partition coefficient (Wildman–Crippen LogP) is 1.45. The van der Waals surface area contributed by atoms with Crippen molar-refractivity contribution in [3.63, 3.8) is 0 Å². The normalized spacial score (nSPS) is 19.0. The van der Waals surface area contributed by atoms with Crippen LogP contribution in [0.2, 0.25) is 0 Å². The number of rotatable bonds is 2. The third-order valence-corrected chi connectivity index (χ3v) is 1.07. The van der Waals surface area contributed by atoms with Crippen molar-refractivity contribution >= 4 is 0 Å². The van der Waals surface area contributed by atoms with Crippen LogP contribution in [0.3, 0.4) is 0 Å². The van der Waals surface area contributed by atoms with Crippen LogP contribution >= 0.6 is 0 Å². The van der Waals surface area contributed by atoms with E-state index in [1.165, 1.54) is 0 Å². The summed E-state index contributed by atoms with van der Waals surface area (Å²) in [4.78, 5) is 0. The average Bonchev–Trinajstić information content (AvgIpc) is 1.55. The minimum atomic E-state index is 0. The third kappa shape index (κ3) is 2.82. The summed E-state index contributed by atoms with van der Waals surface area (Å²) >= 11 is 0. The summed E-state index contributed by atoms with van der Waals surface area (Å²) < 4.78 is 10.3. The highest BCUT2D eigenvalue weighted by atomic mass is 16.6. The lowest BCUT2D eigenvalue weighted by Gasteiger charge is -2.27. The third-order valence-electron chi connectivity index (χ3n) is 1.07. The molecule has 0 saturated carbocycles. The maximum absolute atomic E-state index is 5.36. The van der Waals surface area contributed by atoms with Crippen molar-refractivity contribution in [1.29, 1.82) is 0 Å². The fourth-order valence-electron chi connectivity index (χ4n) is 0.678. The zero-order valence-electron chi connectivity index (χ0n) is 5.39. The molecule has 0 unspecified atom stereocenters. The van der Waals surface area contributed by atoms with Gasteiger partial charge >= 0.3 is 0 Å². The highest BCUT2D eigenvalue weighted by molar-refractivity contribution is 4.64. The van der Waals surface area contributed by atoms with Gasteiger partial charge in [-0.1, -0.05) is 7.43 Å². The smallest absolute Gasteiger partial charge is 0.104 e. The zero-order chi connectivity index (χ0) is 5.98. The second-order valence-electron chi connectivity index (χ2n) is 2.34. The van der Waals surface area contributed by atoms with E-state index in [1.54, 1.807) is 0 Å². The Labute approximate surface area is 57.2 Å². The first-order valence-corrected chi connectivity index (χ1v) is 3.02. The maximum Gasteiger partial charge on any atom is 0.104 e. The van der Waals surface area contributed by atoms with Crippen LogP contribution in [0.5, 0.6) is 0 Å². The van der Waals surface area contributed by atoms with Gasteiger partial charge in [-0.15, -0.1) is 0 Å². The molecule has 0 aromatic heterocycles. The molecule has 1 fully saturated rings. The minimum Gasteiger partial charge on any atom is -0.376 e. The molecule has 0 bridgehead atoms. The Morgan fingerprint density at radius 3 is 2.11 bits per heavy atom. The van der Waals surface area contributed by atoms with Crippen LogP contribution in [0, 0.1) is 0 Å². The number of hydrogen-bond acceptors (Lipinski definition) is 2. The molecule has 0 aromatic rings. The van der Waals surface area contributed by atoms with Crippen molar-refractivity contribution in [1.82, 2.24) is 0 Å². The van der Waals surface area contributed by atoms with Gasteiger partial charge in [0, 0.05) is 0 Å². The molecule has 0 amide bonds. The Bertz CT molecular complexity index is 67.3. The first-order chi connectivity index (χ1) is 3.79. The highest BCUT2D eigenvalue weighted by Crippen LogP contribution is 2.07. The molecule has 0 radical (unpaired) electrons. The summed E-state index contributed by atoms with van der Waals surface area (Å²) in [6.45, 7) is 5.66. The van der Waals surface area contributed by atoms with Gasteiger partial charge in [0.05, 0.1) is 19.3 Å². The maximum atomic E-state index is 5.36. The summed E-state index contributed by atoms with van der Waals surface area (Å²) in [6, 6.07) is 0. The van der Waals surface area contributed by atoms with Crippen LogP contribution in [-0.4, -0.2) is 25.4 Å². The van der Waals surface area contributed by atoms with E-state index in [2.05, 4.69) is 0 Å². The summed E-state index contributed by atoms with van der Waals surface area (Å²) in [5, 5.41) is 0. The second-order valence-corrected chi connectivity index (χ2v) is 2.34. The van der Waals surface area contributed by atoms with E-state index in [9.17, 15) is 0 Å². The first-order valence-electron chi connectivity index (χ1n) is 3.02. The fraction of sp³-hybridized carbons (Fsp3) is 1.00. The quantitative estimate of drug-likeness (QED) is 0.566. The summed E-state index contributed by atoms with van der Waals surface area (Å²) in [7, 11) is 0. The molecule has 2 nitrogen and oxygen atoms in total. The van der Waals surface area contributed by atoms with Gasteiger partial charge < -0.3 is 9.47 Å². The topological polar surface area (TPSA) is 18.5 Å². The standard InChI is InChI=1S/C6H12O2.CH4/c1-5(2)8-6-3-7-4-6;/h5-6H,3-4H2,1-2H3;1H4. The van der Waals surface area contributed by atoms with Crippen LogP contribution in [0.15, 0.2) is 0 Å². The van der Waals surface area contributed by atoms with Gasteiger partial charge in [0.25, 0.3) is 0 Å². The van der Waals surface area contributed by atoms with Gasteiger partial charge in [-0.3, -0.25) is 0 Å². The molecule has 0 N–H and O–H groups in total. The predicted molar refractivity (Wildman–Crippen MR) is 37.6 cm³/mol. The lowest BCUT2D eigenvalue weighted by atomic mass is 10.3. The highest BCUT2D eigenvalue weighted by Gasteiger charge is 2.19. The Balaban J connectivity index is 0.000000640. The molecule has 1 aliphatic heterocycles. The van der Waals surface area contributed by atoms with E-state index in [-0.39, 0.29) is 7.43 Å². The molecule has 56 valence electrons. The Morgan fingerprint density at radius 2 is 2.00 bits per heavy atom. The van der Waals surface area contributed by atoms with Gasteiger partial charge in [0.15, 0.2) is 0 Å². The van der Waals surface area contributed by atoms with Crippen molar-refractivity contribution in [2.24, 2.45) is 0 Å². The SMILES string of the molecule is C.CC(C)OC1COC1. The van der Waals surface area contributed by atoms with Gasteiger partial charge in [0.2, 0.25) is 0 Å². The molecular weight excluding hydrogens is 116 g/mol. The molecule has 0 aliphatic carbocycles. The molecule has 1 rings (SSSR count). The zero-order valence-corrected chi connectivity index (χ0v) is 5.39. The average molecular weight is 132 g/mol. The Hall–Kier alpha value is -0.0800. The molecule has 0 spiro atoms. The monoisotopic (exact) mass is 132 g/mol. The van der Waals surface area contributed by atoms with Crippen LogP contribution < -0.4 is 0 Å². The van der Waals surface area contributed by atoms with E-state index >= 15 is 0 Å². The van der Waals surface area contributed by atoms with E-state index in [4.69, 9.17) is 9.47 Å². The van der Waals surface area contributed by atoms with E-state index in [0.29, 0.717) is 12.2 Å². The molecule has 0 aromatic carbocycles. The number of hydrogen-bond donors (Lipinski definition) is 0. The first kappa shape index (κ1) is 8.92. The Morgan fingerprint density at radius 1 is 1.44 bits per heavy atom. The van der Waals surface area contributed by atoms with Crippen molar-refractivity contribution in [2.75, 3.05) is 13.2 Å². The van der Waals surface area contributed by atoms with Crippen LogP contribution in [0.4, 0.5) is 0 Å². The molecule has 1 aliphatic rings. The Kier molecular flexibility index (Phi) is 3.82. The van der Waals surface area contributed by atoms with Crippen molar-refractivity contribution in [3.8, 4) is 0 Å². The van der Waals surface area contributed by atoms with Crippen molar-refractivity contribution < 1.29 is 9.47 Å². The lowest BCUT2D eigenvalue weighted by Crippen LogP contribution is -2.37. The summed E-state index contributed by atoms with van der Waals surface area (Å²) in [6.07, 6.45) is 0.735. The van der Waals surface area contributed by atoms with Gasteiger partial charge in [-0.25, -0.2) is 0 Å². The van der Waals surface area contributed by atoms with Crippen LogP contribution in [0.25, 0.3) is 0 Å². The largest absolute Gasteiger partial charge is 0.376 e. The van der Waals surface area contributed by atoms with Crippen molar-refractivity contribution in [3.05, 3.63) is 0 Å². The van der Waals surface area contributed by atoms with E-state index < -0.39 is 0 Å². The van der Waals surface area contributed by atoms with E-state index in [1.807, 2.05) is 13.8 Å². The van der Waals surface area contributed by atoms with E-state index in [0.717, 1.165) is 13.2 Å². The van der Waals surface area contributed by atoms with Crippen LogP contribution in [-0.2, 0) is 9.47 Å². The minimum absolute atomic E-state index is 0. The lowest BCUT2D eigenvalue weighted by molar-refractivity contribution is -0.146. The molecule has 1 heterocycles. The van der Waals surface area contributed by atoms with Gasteiger partial charge in [0.1, 0.15) is 6.10 Å². The molecule has 0 atom stereocenters. The molecule has 1 saturated heterocycles. The molecule has 9 heavy (non-hydrogen) atoms.